The van der Waals surface area contributed by atoms with Crippen molar-refractivity contribution < 1.29 is 24.2 Å². The molecule has 0 atom stereocenters. The average molecular weight is 261 g/mol. The van der Waals surface area contributed by atoms with Crippen LogP contribution in [0.1, 0.15) is 27.7 Å². The van der Waals surface area contributed by atoms with Gasteiger partial charge in [-0.05, 0) is 27.7 Å². The minimum atomic E-state index is -0.981. The predicted octanol–water partition coefficient (Wildman–Crippen LogP) is 1.80. The zero-order chi connectivity index (χ0) is 14.6. The van der Waals surface area contributed by atoms with Gasteiger partial charge in [0.25, 0.3) is 0 Å². The fourth-order valence-corrected chi connectivity index (χ4v) is 0.684. The lowest BCUT2D eigenvalue weighted by Crippen LogP contribution is -2.34. The van der Waals surface area contributed by atoms with Crippen LogP contribution in [0.4, 0.5) is 4.79 Å². The number of nitrogens with one attached hydrogen (secondary N) is 1. The van der Waals surface area contributed by atoms with E-state index in [9.17, 15) is 9.59 Å². The molecule has 0 aliphatic heterocycles. The molecule has 6 heteroatoms. The second-order valence-electron chi connectivity index (χ2n) is 4.17. The first-order valence-electron chi connectivity index (χ1n) is 5.63. The highest BCUT2D eigenvalue weighted by Gasteiger charge is 2.15. The van der Waals surface area contributed by atoms with E-state index in [-0.39, 0.29) is 0 Å². The Hall–Kier alpha value is -1.56. The van der Waals surface area contributed by atoms with E-state index >= 15 is 0 Å². The van der Waals surface area contributed by atoms with Crippen LogP contribution in [0.3, 0.4) is 0 Å². The second kappa shape index (κ2) is 10.6. The monoisotopic (exact) mass is 261 g/mol. The summed E-state index contributed by atoms with van der Waals surface area (Å²) in [4.78, 5) is 20.3. The summed E-state index contributed by atoms with van der Waals surface area (Å²) in [6.45, 7) is 12.0. The molecule has 0 saturated heterocycles. The lowest BCUT2D eigenvalue weighted by molar-refractivity contribution is -0.131. The number of rotatable bonds is 5. The van der Waals surface area contributed by atoms with Gasteiger partial charge in [-0.2, -0.15) is 0 Å². The molecular weight excluding hydrogens is 238 g/mol. The summed E-state index contributed by atoms with van der Waals surface area (Å²) in [6, 6.07) is 0. The Balaban J connectivity index is 0. The van der Waals surface area contributed by atoms with E-state index < -0.39 is 17.7 Å². The molecule has 2 N–H and O–H groups in total. The number of carboxylic acids is 1. The van der Waals surface area contributed by atoms with Crippen molar-refractivity contribution in [2.75, 3.05) is 19.8 Å². The Kier molecular flexibility index (Phi) is 11.1. The van der Waals surface area contributed by atoms with E-state index in [1.807, 2.05) is 27.7 Å². The van der Waals surface area contributed by atoms with Gasteiger partial charge in [0.15, 0.2) is 0 Å². The molecule has 0 saturated carbocycles. The zero-order valence-electron chi connectivity index (χ0n) is 11.5. The SMILES string of the molecule is C=CC(=O)O.CCOCCNC(=O)OC(C)(C)C. The maximum absolute atomic E-state index is 11.0. The third kappa shape index (κ3) is 19.9. The molecule has 0 aromatic heterocycles. The highest BCUT2D eigenvalue weighted by Crippen LogP contribution is 2.05. The summed E-state index contributed by atoms with van der Waals surface area (Å²) in [7, 11) is 0. The molecule has 0 unspecified atom stereocenters. The van der Waals surface area contributed by atoms with Crippen LogP contribution in [0, 0.1) is 0 Å². The summed E-state index contributed by atoms with van der Waals surface area (Å²) in [5, 5.41) is 10.2. The lowest BCUT2D eigenvalue weighted by atomic mass is 10.2. The van der Waals surface area contributed by atoms with Crippen LogP contribution in [-0.4, -0.2) is 42.5 Å². The van der Waals surface area contributed by atoms with E-state index in [1.54, 1.807) is 0 Å². The Labute approximate surface area is 108 Å². The maximum atomic E-state index is 11.0. The van der Waals surface area contributed by atoms with Crippen LogP contribution in [-0.2, 0) is 14.3 Å². The first kappa shape index (κ1) is 18.8. The van der Waals surface area contributed by atoms with Gasteiger partial charge < -0.3 is 19.9 Å². The quantitative estimate of drug-likeness (QED) is 0.582. The fourth-order valence-electron chi connectivity index (χ4n) is 0.684. The zero-order valence-corrected chi connectivity index (χ0v) is 11.5. The van der Waals surface area contributed by atoms with Gasteiger partial charge in [-0.15, -0.1) is 0 Å². The molecule has 0 aromatic carbocycles. The van der Waals surface area contributed by atoms with Gasteiger partial charge in [0.1, 0.15) is 5.60 Å². The summed E-state index contributed by atoms with van der Waals surface area (Å²) in [5.41, 5.74) is -0.435. The molecule has 18 heavy (non-hydrogen) atoms. The minimum Gasteiger partial charge on any atom is -0.478 e. The highest BCUT2D eigenvalue weighted by molar-refractivity contribution is 5.78. The largest absolute Gasteiger partial charge is 0.478 e. The van der Waals surface area contributed by atoms with Gasteiger partial charge >= 0.3 is 12.1 Å². The molecular formula is C12H23NO5. The first-order valence-corrected chi connectivity index (χ1v) is 5.63. The van der Waals surface area contributed by atoms with Gasteiger partial charge in [-0.25, -0.2) is 9.59 Å². The molecule has 0 aliphatic rings. The molecule has 0 aliphatic carbocycles. The molecule has 6 nitrogen and oxygen atoms in total. The number of carbonyl (C=O) groups excluding carboxylic acids is 1. The minimum absolute atomic E-state index is 0.396. The Morgan fingerprint density at radius 2 is 1.89 bits per heavy atom. The van der Waals surface area contributed by atoms with Crippen molar-refractivity contribution in [3.63, 3.8) is 0 Å². The third-order valence-corrected chi connectivity index (χ3v) is 1.29. The highest BCUT2D eigenvalue weighted by atomic mass is 16.6. The van der Waals surface area contributed by atoms with Gasteiger partial charge in [0.05, 0.1) is 6.61 Å². The van der Waals surface area contributed by atoms with Crippen LogP contribution in [0.15, 0.2) is 12.7 Å². The topological polar surface area (TPSA) is 84.9 Å². The van der Waals surface area contributed by atoms with Crippen LogP contribution in [0.2, 0.25) is 0 Å². The molecule has 0 heterocycles. The normalized spacial score (nSPS) is 9.78. The lowest BCUT2D eigenvalue weighted by Gasteiger charge is -2.19. The molecule has 0 aromatic rings. The summed E-state index contributed by atoms with van der Waals surface area (Å²) in [6.07, 6.45) is 0.437. The molecule has 106 valence electrons. The van der Waals surface area contributed by atoms with Crippen LogP contribution in [0.25, 0.3) is 0 Å². The molecule has 0 spiro atoms. The predicted molar refractivity (Wildman–Crippen MR) is 68.6 cm³/mol. The number of carboxylic acid groups (broad SMARTS) is 1. The number of amides is 1. The smallest absolute Gasteiger partial charge is 0.407 e. The molecule has 0 bridgehead atoms. The number of alkyl carbamates (subject to hydrolysis) is 1. The van der Waals surface area contributed by atoms with Crippen molar-refractivity contribution in [2.45, 2.75) is 33.3 Å². The van der Waals surface area contributed by atoms with E-state index in [0.29, 0.717) is 19.8 Å². The number of carbonyl (C=O) groups is 2. The Bertz CT molecular complexity index is 258. The molecule has 1 amide bonds. The standard InChI is InChI=1S/C9H19NO3.C3H4O2/c1-5-12-7-6-10-8(11)13-9(2,3)4;1-2-3(4)5/h5-7H2,1-4H3,(H,10,11);2H,1H2,(H,4,5). The van der Waals surface area contributed by atoms with E-state index in [2.05, 4.69) is 11.9 Å². The van der Waals surface area contributed by atoms with E-state index in [1.165, 1.54) is 0 Å². The number of ether oxygens (including phenoxy) is 2. The van der Waals surface area contributed by atoms with Crippen LogP contribution in [0.5, 0.6) is 0 Å². The Morgan fingerprint density at radius 3 is 2.22 bits per heavy atom. The van der Waals surface area contributed by atoms with Gasteiger partial charge in [-0.3, -0.25) is 0 Å². The number of hydrogen-bond donors (Lipinski definition) is 2. The summed E-state index contributed by atoms with van der Waals surface area (Å²) in [5.74, 6) is -0.981. The maximum Gasteiger partial charge on any atom is 0.407 e. The average Bonchev–Trinajstić information content (AvgIpc) is 2.23. The van der Waals surface area contributed by atoms with Gasteiger partial charge in [0, 0.05) is 19.2 Å². The van der Waals surface area contributed by atoms with E-state index in [4.69, 9.17) is 14.6 Å². The number of aliphatic carboxylic acids is 1. The first-order chi connectivity index (χ1) is 8.22. The molecule has 0 radical (unpaired) electrons. The van der Waals surface area contributed by atoms with Crippen molar-refractivity contribution >= 4 is 12.1 Å². The summed E-state index contributed by atoms with van der Waals surface area (Å²) >= 11 is 0. The number of hydrogen-bond acceptors (Lipinski definition) is 4. The van der Waals surface area contributed by atoms with Crippen molar-refractivity contribution in [3.05, 3.63) is 12.7 Å². The van der Waals surface area contributed by atoms with Gasteiger partial charge in [-0.1, -0.05) is 6.58 Å². The van der Waals surface area contributed by atoms with Crippen molar-refractivity contribution in [1.82, 2.24) is 5.32 Å². The molecule has 0 fully saturated rings. The fraction of sp³-hybridized carbons (Fsp3) is 0.667. The third-order valence-electron chi connectivity index (χ3n) is 1.29. The van der Waals surface area contributed by atoms with Crippen molar-refractivity contribution in [1.29, 1.82) is 0 Å². The Morgan fingerprint density at radius 1 is 1.39 bits per heavy atom. The van der Waals surface area contributed by atoms with Crippen molar-refractivity contribution in [2.24, 2.45) is 0 Å². The van der Waals surface area contributed by atoms with Gasteiger partial charge in [0.2, 0.25) is 0 Å². The van der Waals surface area contributed by atoms with Crippen LogP contribution >= 0.6 is 0 Å². The second-order valence-corrected chi connectivity index (χ2v) is 4.17. The van der Waals surface area contributed by atoms with Crippen LogP contribution < -0.4 is 5.32 Å². The van der Waals surface area contributed by atoms with Crippen molar-refractivity contribution in [3.8, 4) is 0 Å². The van der Waals surface area contributed by atoms with E-state index in [0.717, 1.165) is 6.08 Å². The summed E-state index contributed by atoms with van der Waals surface area (Å²) < 4.78 is 10.1. The molecule has 0 rings (SSSR count).